The molecular formula is C22H27ClFN3O3. The monoisotopic (exact) mass is 435 g/mol. The Morgan fingerprint density at radius 2 is 2.00 bits per heavy atom. The van der Waals surface area contributed by atoms with Gasteiger partial charge in [0.15, 0.2) is 0 Å². The van der Waals surface area contributed by atoms with Crippen LogP contribution in [0.5, 0.6) is 5.75 Å². The third-order valence-corrected chi connectivity index (χ3v) is 5.59. The molecule has 0 spiro atoms. The lowest BCUT2D eigenvalue weighted by Gasteiger charge is -2.39. The maximum atomic E-state index is 14.8. The second-order valence-corrected chi connectivity index (χ2v) is 7.72. The van der Waals surface area contributed by atoms with E-state index in [4.69, 9.17) is 21.1 Å². The van der Waals surface area contributed by atoms with Crippen LogP contribution in [0.15, 0.2) is 42.5 Å². The predicted octanol–water partition coefficient (Wildman–Crippen LogP) is 4.11. The van der Waals surface area contributed by atoms with Crippen molar-refractivity contribution in [2.75, 3.05) is 45.8 Å². The number of likely N-dealkylation sites (tertiary alicyclic amines) is 1. The third-order valence-electron chi connectivity index (χ3n) is 5.33. The molecule has 1 aliphatic heterocycles. The molecule has 2 amide bonds. The van der Waals surface area contributed by atoms with Gasteiger partial charge in [0.1, 0.15) is 11.6 Å². The lowest BCUT2D eigenvalue weighted by Crippen LogP contribution is -2.51. The summed E-state index contributed by atoms with van der Waals surface area (Å²) in [6.45, 7) is 2.78. The molecule has 8 heteroatoms. The van der Waals surface area contributed by atoms with Crippen LogP contribution in [0.25, 0.3) is 0 Å². The minimum atomic E-state index is -0.335. The highest BCUT2D eigenvalue weighted by atomic mass is 35.5. The average Bonchev–Trinajstić information content (AvgIpc) is 2.74. The molecule has 1 aliphatic rings. The van der Waals surface area contributed by atoms with Crippen LogP contribution < -0.4 is 15.4 Å². The van der Waals surface area contributed by atoms with Crippen LogP contribution in [0.1, 0.15) is 17.9 Å². The Hall–Kier alpha value is -2.35. The number of nitrogens with zero attached hydrogens (tertiary/aromatic N) is 1. The summed E-state index contributed by atoms with van der Waals surface area (Å²) in [6.07, 6.45) is 0.702. The minimum absolute atomic E-state index is 0.197. The number of nitrogens with one attached hydrogen (secondary N) is 2. The van der Waals surface area contributed by atoms with Crippen LogP contribution in [-0.4, -0.2) is 57.4 Å². The topological polar surface area (TPSA) is 62.8 Å². The van der Waals surface area contributed by atoms with Crippen molar-refractivity contribution in [2.24, 2.45) is 0 Å². The number of urea groups is 1. The first kappa shape index (κ1) is 22.3. The summed E-state index contributed by atoms with van der Waals surface area (Å²) >= 11 is 5.89. The molecule has 2 N–H and O–H groups in total. The molecule has 0 radical (unpaired) electrons. The number of benzene rings is 2. The number of carbonyl (C=O) groups is 1. The van der Waals surface area contributed by atoms with Crippen LogP contribution in [-0.2, 0) is 4.74 Å². The van der Waals surface area contributed by atoms with Gasteiger partial charge in [0.2, 0.25) is 0 Å². The van der Waals surface area contributed by atoms with Crippen molar-refractivity contribution in [2.45, 2.75) is 18.4 Å². The summed E-state index contributed by atoms with van der Waals surface area (Å²) in [6, 6.07) is 11.2. The molecule has 0 aromatic heterocycles. The van der Waals surface area contributed by atoms with Gasteiger partial charge in [-0.3, -0.25) is 0 Å². The molecule has 6 nitrogen and oxygen atoms in total. The summed E-state index contributed by atoms with van der Waals surface area (Å²) in [4.78, 5) is 14.8. The summed E-state index contributed by atoms with van der Waals surface area (Å²) < 4.78 is 25.1. The highest BCUT2D eigenvalue weighted by Crippen LogP contribution is 2.31. The van der Waals surface area contributed by atoms with E-state index in [0.717, 1.165) is 13.1 Å². The number of carbonyl (C=O) groups excluding carboxylic acids is 1. The number of anilines is 1. The van der Waals surface area contributed by atoms with Crippen molar-refractivity contribution in [1.29, 1.82) is 0 Å². The fraction of sp³-hybridized carbons (Fsp3) is 0.409. The zero-order chi connectivity index (χ0) is 21.5. The molecule has 2 unspecified atom stereocenters. The minimum Gasteiger partial charge on any atom is -0.497 e. The Bertz CT molecular complexity index is 850. The Labute approximate surface area is 181 Å². The molecular weight excluding hydrogens is 409 g/mol. The van der Waals surface area contributed by atoms with E-state index >= 15 is 0 Å². The van der Waals surface area contributed by atoms with E-state index in [1.54, 1.807) is 43.5 Å². The van der Waals surface area contributed by atoms with Gasteiger partial charge in [0.05, 0.1) is 13.7 Å². The van der Waals surface area contributed by atoms with Crippen LogP contribution >= 0.6 is 11.6 Å². The normalized spacial score (nSPS) is 19.3. The van der Waals surface area contributed by atoms with Crippen LogP contribution in [0.2, 0.25) is 5.02 Å². The van der Waals surface area contributed by atoms with Gasteiger partial charge in [0, 0.05) is 55.5 Å². The zero-order valence-corrected chi connectivity index (χ0v) is 17.9. The van der Waals surface area contributed by atoms with Crippen LogP contribution in [0, 0.1) is 5.82 Å². The average molecular weight is 436 g/mol. The molecule has 1 heterocycles. The predicted molar refractivity (Wildman–Crippen MR) is 116 cm³/mol. The van der Waals surface area contributed by atoms with Gasteiger partial charge in [0.25, 0.3) is 0 Å². The number of methoxy groups -OCH3 is 2. The standard InChI is InChI=1S/C22H27ClFN3O3/c1-29-12-11-27-10-9-21(26-22(28)25-16-5-3-15(23)4-6-16)19(14-27)18-8-7-17(30-2)13-20(18)24/h3-8,13,19,21H,9-12,14H2,1-2H3,(H2,25,26,28). The molecule has 2 atom stereocenters. The van der Waals surface area contributed by atoms with E-state index < -0.39 is 0 Å². The summed E-state index contributed by atoms with van der Waals surface area (Å²) in [5, 5.41) is 6.43. The highest BCUT2D eigenvalue weighted by molar-refractivity contribution is 6.30. The molecule has 3 rings (SSSR count). The lowest BCUT2D eigenvalue weighted by atomic mass is 9.85. The second-order valence-electron chi connectivity index (χ2n) is 7.29. The van der Waals surface area contributed by atoms with Gasteiger partial charge in [-0.15, -0.1) is 0 Å². The second kappa shape index (κ2) is 10.6. The number of halogens is 2. The number of ether oxygens (including phenoxy) is 2. The SMILES string of the molecule is COCCN1CCC(NC(=O)Nc2ccc(Cl)cc2)C(c2ccc(OC)cc2F)C1. The van der Waals surface area contributed by atoms with E-state index in [2.05, 4.69) is 15.5 Å². The van der Waals surface area contributed by atoms with Crippen LogP contribution in [0.3, 0.4) is 0 Å². The zero-order valence-electron chi connectivity index (χ0n) is 17.2. The van der Waals surface area contributed by atoms with E-state index in [0.29, 0.717) is 41.6 Å². The van der Waals surface area contributed by atoms with Crippen molar-refractivity contribution in [3.63, 3.8) is 0 Å². The van der Waals surface area contributed by atoms with Gasteiger partial charge in [-0.25, -0.2) is 9.18 Å². The van der Waals surface area contributed by atoms with Crippen molar-refractivity contribution in [3.05, 3.63) is 58.9 Å². The molecule has 1 fully saturated rings. The van der Waals surface area contributed by atoms with Gasteiger partial charge < -0.3 is 25.0 Å². The number of rotatable bonds is 7. The number of piperidine rings is 1. The Morgan fingerprint density at radius 3 is 2.67 bits per heavy atom. The lowest BCUT2D eigenvalue weighted by molar-refractivity contribution is 0.117. The molecule has 30 heavy (non-hydrogen) atoms. The van der Waals surface area contributed by atoms with Gasteiger partial charge in [-0.1, -0.05) is 17.7 Å². The fourth-order valence-electron chi connectivity index (χ4n) is 3.74. The molecule has 0 bridgehead atoms. The van der Waals surface area contributed by atoms with E-state index in [1.165, 1.54) is 13.2 Å². The molecule has 2 aromatic rings. The van der Waals surface area contributed by atoms with Crippen LogP contribution in [0.4, 0.5) is 14.9 Å². The number of hydrogen-bond acceptors (Lipinski definition) is 4. The smallest absolute Gasteiger partial charge is 0.319 e. The van der Waals surface area contributed by atoms with Gasteiger partial charge in [-0.05, 0) is 42.3 Å². The largest absolute Gasteiger partial charge is 0.497 e. The van der Waals surface area contributed by atoms with E-state index in [-0.39, 0.29) is 23.8 Å². The maximum Gasteiger partial charge on any atom is 0.319 e. The maximum absolute atomic E-state index is 14.8. The Kier molecular flexibility index (Phi) is 7.90. The quantitative estimate of drug-likeness (QED) is 0.687. The Balaban J connectivity index is 1.74. The summed E-state index contributed by atoms with van der Waals surface area (Å²) in [7, 11) is 3.17. The number of hydrogen-bond donors (Lipinski definition) is 2. The van der Waals surface area contributed by atoms with Crippen molar-refractivity contribution in [3.8, 4) is 5.75 Å². The van der Waals surface area contributed by atoms with E-state index in [9.17, 15) is 9.18 Å². The first-order chi connectivity index (χ1) is 14.5. The van der Waals surface area contributed by atoms with Crippen molar-refractivity contribution in [1.82, 2.24) is 10.2 Å². The van der Waals surface area contributed by atoms with Crippen molar-refractivity contribution < 1.29 is 18.7 Å². The molecule has 1 saturated heterocycles. The first-order valence-electron chi connectivity index (χ1n) is 9.88. The molecule has 0 aliphatic carbocycles. The van der Waals surface area contributed by atoms with Crippen molar-refractivity contribution >= 4 is 23.3 Å². The molecule has 2 aromatic carbocycles. The first-order valence-corrected chi connectivity index (χ1v) is 10.3. The third kappa shape index (κ3) is 5.84. The van der Waals surface area contributed by atoms with Gasteiger partial charge >= 0.3 is 6.03 Å². The molecule has 0 saturated carbocycles. The molecule has 162 valence electrons. The van der Waals surface area contributed by atoms with Gasteiger partial charge in [-0.2, -0.15) is 0 Å². The fourth-order valence-corrected chi connectivity index (χ4v) is 3.86. The highest BCUT2D eigenvalue weighted by Gasteiger charge is 2.33. The number of amides is 2. The Morgan fingerprint density at radius 1 is 1.23 bits per heavy atom. The van der Waals surface area contributed by atoms with E-state index in [1.807, 2.05) is 0 Å². The summed E-state index contributed by atoms with van der Waals surface area (Å²) in [5.41, 5.74) is 1.20. The summed E-state index contributed by atoms with van der Waals surface area (Å²) in [5.74, 6) is -0.0661.